The zero-order valence-electron chi connectivity index (χ0n) is 29.2. The molecule has 3 aromatic rings. The molecule has 11 nitrogen and oxygen atoms in total. The maximum absolute atomic E-state index is 14.6. The topological polar surface area (TPSA) is 97.4 Å². The number of hydrogen-bond donors (Lipinski definition) is 0. The molecule has 1 aliphatic heterocycles. The number of pyridine rings is 1. The SMILES string of the molecule is [2H]C(C)(c1cc(OCC)c([N+]#[C-])cn1)N1CC2(CCC2)c2c(CN(C)C)cc(Cn3ccnc3N(C)C(=O)OC(C)(C)C)cc2C1=O. The molecule has 1 aliphatic carbocycles. The van der Waals surface area contributed by atoms with Crippen LogP contribution in [0.2, 0.25) is 0 Å². The molecule has 1 unspecified atom stereocenters. The quantitative estimate of drug-likeness (QED) is 0.255. The molecular weight excluding hydrogens is 582 g/mol. The first-order valence-electron chi connectivity index (χ1n) is 16.2. The molecule has 2 aliphatic rings. The van der Waals surface area contributed by atoms with Crippen LogP contribution in [0.5, 0.6) is 5.75 Å². The van der Waals surface area contributed by atoms with Crippen molar-refractivity contribution >= 4 is 23.6 Å². The molecule has 1 atom stereocenters. The Kier molecular flexibility index (Phi) is 8.75. The molecule has 2 aromatic heterocycles. The van der Waals surface area contributed by atoms with Crippen molar-refractivity contribution in [2.24, 2.45) is 0 Å². The van der Waals surface area contributed by atoms with Gasteiger partial charge in [0.25, 0.3) is 5.91 Å². The van der Waals surface area contributed by atoms with Crippen LogP contribution in [-0.2, 0) is 23.2 Å². The van der Waals surface area contributed by atoms with E-state index in [0.29, 0.717) is 49.2 Å². The van der Waals surface area contributed by atoms with Crippen LogP contribution in [0.3, 0.4) is 0 Å². The Hall–Kier alpha value is -4.43. The monoisotopic (exact) mass is 628 g/mol. The van der Waals surface area contributed by atoms with E-state index in [4.69, 9.17) is 16.0 Å². The maximum Gasteiger partial charge on any atom is 0.416 e. The van der Waals surface area contributed by atoms with Gasteiger partial charge in [0.05, 0.1) is 32.8 Å². The normalized spacial score (nSPS) is 17.1. The highest BCUT2D eigenvalue weighted by atomic mass is 16.6. The average Bonchev–Trinajstić information content (AvgIpc) is 3.43. The summed E-state index contributed by atoms with van der Waals surface area (Å²) in [7, 11) is 5.66. The lowest BCUT2D eigenvalue weighted by atomic mass is 9.60. The number of anilines is 1. The second-order valence-corrected chi connectivity index (χ2v) is 13.5. The highest BCUT2D eigenvalue weighted by molar-refractivity contribution is 5.98. The Bertz CT molecular complexity index is 1720. The molecule has 3 heterocycles. The molecule has 1 saturated carbocycles. The molecule has 0 N–H and O–H groups in total. The number of ether oxygens (including phenoxy) is 2. The zero-order valence-corrected chi connectivity index (χ0v) is 28.2. The first kappa shape index (κ1) is 31.5. The number of carbonyl (C=O) groups is 2. The third kappa shape index (κ3) is 6.44. The molecule has 0 saturated heterocycles. The molecule has 1 aromatic carbocycles. The van der Waals surface area contributed by atoms with Gasteiger partial charge in [0.2, 0.25) is 11.6 Å². The van der Waals surface area contributed by atoms with Crippen LogP contribution in [0, 0.1) is 6.57 Å². The summed E-state index contributed by atoms with van der Waals surface area (Å²) in [5.74, 6) is 0.548. The number of rotatable bonds is 9. The molecule has 2 amide bonds. The molecule has 0 radical (unpaired) electrons. The van der Waals surface area contributed by atoms with E-state index in [2.05, 4.69) is 25.8 Å². The van der Waals surface area contributed by atoms with Gasteiger partial charge in [-0.2, -0.15) is 0 Å². The Balaban J connectivity index is 1.57. The number of imidazole rings is 1. The second kappa shape index (κ2) is 12.8. The van der Waals surface area contributed by atoms with Crippen molar-refractivity contribution in [2.45, 2.75) is 84.0 Å². The van der Waals surface area contributed by atoms with Crippen LogP contribution in [-0.4, -0.2) is 76.2 Å². The average molecular weight is 629 g/mol. The summed E-state index contributed by atoms with van der Waals surface area (Å²) >= 11 is 0. The third-order valence-electron chi connectivity index (χ3n) is 8.60. The Morgan fingerprint density at radius 3 is 2.57 bits per heavy atom. The molecule has 1 spiro atoms. The summed E-state index contributed by atoms with van der Waals surface area (Å²) in [6, 6.07) is 4.21. The van der Waals surface area contributed by atoms with E-state index in [-0.39, 0.29) is 17.0 Å². The predicted molar refractivity (Wildman–Crippen MR) is 176 cm³/mol. The molecule has 1 fully saturated rings. The van der Waals surface area contributed by atoms with Gasteiger partial charge >= 0.3 is 6.09 Å². The fraction of sp³-hybridized carbons (Fsp3) is 0.514. The van der Waals surface area contributed by atoms with Gasteiger partial charge in [0, 0.05) is 49.7 Å². The van der Waals surface area contributed by atoms with Gasteiger partial charge in [-0.05, 0) is 90.4 Å². The van der Waals surface area contributed by atoms with E-state index in [1.807, 2.05) is 52.4 Å². The van der Waals surface area contributed by atoms with Gasteiger partial charge in [-0.25, -0.2) is 14.6 Å². The van der Waals surface area contributed by atoms with Crippen molar-refractivity contribution in [3.63, 3.8) is 0 Å². The van der Waals surface area contributed by atoms with E-state index >= 15 is 0 Å². The Labute approximate surface area is 273 Å². The lowest BCUT2D eigenvalue weighted by molar-refractivity contribution is 0.0482. The van der Waals surface area contributed by atoms with Gasteiger partial charge in [0.15, 0.2) is 0 Å². The van der Waals surface area contributed by atoms with Gasteiger partial charge in [-0.15, -0.1) is 0 Å². The number of hydrogen-bond acceptors (Lipinski definition) is 7. The molecule has 0 bridgehead atoms. The summed E-state index contributed by atoms with van der Waals surface area (Å²) in [4.78, 5) is 45.0. The number of nitrogens with zero attached hydrogens (tertiary/aromatic N) is 7. The summed E-state index contributed by atoms with van der Waals surface area (Å²) in [5.41, 5.74) is 3.32. The number of benzene rings is 1. The Morgan fingerprint density at radius 2 is 1.96 bits per heavy atom. The zero-order chi connectivity index (χ0) is 34.3. The molecule has 244 valence electrons. The van der Waals surface area contributed by atoms with Crippen molar-refractivity contribution in [1.82, 2.24) is 24.3 Å². The largest absolute Gasteiger partial charge is 0.505 e. The highest BCUT2D eigenvalue weighted by Crippen LogP contribution is 2.51. The maximum atomic E-state index is 14.6. The van der Waals surface area contributed by atoms with Crippen molar-refractivity contribution in [3.05, 3.63) is 76.2 Å². The minimum atomic E-state index is -1.52. The fourth-order valence-corrected chi connectivity index (χ4v) is 6.45. The lowest BCUT2D eigenvalue weighted by Gasteiger charge is -2.52. The van der Waals surface area contributed by atoms with E-state index in [0.717, 1.165) is 36.0 Å². The van der Waals surface area contributed by atoms with Gasteiger partial charge < -0.3 is 23.8 Å². The van der Waals surface area contributed by atoms with Crippen molar-refractivity contribution in [1.29, 1.82) is 0 Å². The van der Waals surface area contributed by atoms with Crippen LogP contribution < -0.4 is 9.64 Å². The van der Waals surface area contributed by atoms with Gasteiger partial charge in [-0.3, -0.25) is 14.7 Å². The molecular formula is C35H45N7O4. The summed E-state index contributed by atoms with van der Waals surface area (Å²) in [6.07, 6.45) is 7.23. The van der Waals surface area contributed by atoms with Crippen LogP contribution >= 0.6 is 0 Å². The smallest absolute Gasteiger partial charge is 0.416 e. The predicted octanol–water partition coefficient (Wildman–Crippen LogP) is 6.35. The highest BCUT2D eigenvalue weighted by Gasteiger charge is 2.49. The summed E-state index contributed by atoms with van der Waals surface area (Å²) in [5, 5.41) is 0. The van der Waals surface area contributed by atoms with E-state index < -0.39 is 17.7 Å². The van der Waals surface area contributed by atoms with Crippen LogP contribution in [0.25, 0.3) is 4.85 Å². The third-order valence-corrected chi connectivity index (χ3v) is 8.60. The van der Waals surface area contributed by atoms with E-state index in [1.54, 1.807) is 37.3 Å². The van der Waals surface area contributed by atoms with Gasteiger partial charge in [0.1, 0.15) is 11.4 Å². The molecule has 46 heavy (non-hydrogen) atoms. The van der Waals surface area contributed by atoms with Crippen LogP contribution in [0.4, 0.5) is 16.4 Å². The standard InChI is InChI=1S/C35H45N7O4/c1-10-45-29-18-27(38-19-28(29)36-6)23(2)42-22-35(12-11-13-35)30-25(21-39(7)8)16-24(17-26(30)31(42)43)20-41-15-14-37-32(41)40(9)33(44)46-34(3,4)5/h14-19,23H,10-13,20-22H2,1-5,7-9H3/i23D. The number of carbonyl (C=O) groups excluding carboxylic acids is 2. The fourth-order valence-electron chi connectivity index (χ4n) is 6.45. The van der Waals surface area contributed by atoms with Crippen LogP contribution in [0.1, 0.15) is 94.0 Å². The van der Waals surface area contributed by atoms with E-state index in [9.17, 15) is 11.0 Å². The summed E-state index contributed by atoms with van der Waals surface area (Å²) in [6.45, 7) is 18.3. The first-order chi connectivity index (χ1) is 22.1. The number of aromatic nitrogens is 3. The van der Waals surface area contributed by atoms with Crippen molar-refractivity contribution in [2.75, 3.05) is 39.2 Å². The second-order valence-electron chi connectivity index (χ2n) is 13.5. The Morgan fingerprint density at radius 1 is 1.22 bits per heavy atom. The number of amides is 2. The lowest BCUT2D eigenvalue weighted by Crippen LogP contribution is -2.54. The molecule has 5 rings (SSSR count). The summed E-state index contributed by atoms with van der Waals surface area (Å²) < 4.78 is 22.7. The number of fused-ring (bicyclic) bond motifs is 2. The minimum Gasteiger partial charge on any atom is -0.505 e. The van der Waals surface area contributed by atoms with Gasteiger partial charge in [-0.1, -0.05) is 12.5 Å². The minimum absolute atomic E-state index is 0.234. The first-order valence-corrected chi connectivity index (χ1v) is 15.7. The van der Waals surface area contributed by atoms with Crippen LogP contribution in [0.15, 0.2) is 36.8 Å². The molecule has 11 heteroatoms. The van der Waals surface area contributed by atoms with Crippen molar-refractivity contribution < 1.29 is 20.4 Å². The van der Waals surface area contributed by atoms with Crippen molar-refractivity contribution in [3.8, 4) is 5.75 Å². The van der Waals surface area contributed by atoms with E-state index in [1.165, 1.54) is 11.1 Å².